The highest BCUT2D eigenvalue weighted by molar-refractivity contribution is 6.58. The zero-order chi connectivity index (χ0) is 21.0. The van der Waals surface area contributed by atoms with Gasteiger partial charge < -0.3 is 14.8 Å². The van der Waals surface area contributed by atoms with Crippen molar-refractivity contribution in [2.45, 2.75) is 25.6 Å². The predicted molar refractivity (Wildman–Crippen MR) is 89.1 cm³/mol. The van der Waals surface area contributed by atoms with E-state index in [1.54, 1.807) is 0 Å². The fourth-order valence-corrected chi connectivity index (χ4v) is 2.57. The second-order valence-electron chi connectivity index (χ2n) is 5.75. The average Bonchev–Trinajstić information content (AvgIpc) is 3.34. The van der Waals surface area contributed by atoms with Gasteiger partial charge >= 0.3 is 20.3 Å². The molecule has 29 heavy (non-hydrogen) atoms. The SMILES string of the molecule is OB(O)c1ccc(C(CCOC(F)F)n2cc(-c3cnnn3C(F)F)nn2)nc1. The van der Waals surface area contributed by atoms with Gasteiger partial charge in [-0.15, -0.1) is 10.2 Å². The van der Waals surface area contributed by atoms with E-state index in [2.05, 4.69) is 30.3 Å². The van der Waals surface area contributed by atoms with Gasteiger partial charge in [-0.2, -0.15) is 22.2 Å². The van der Waals surface area contributed by atoms with Gasteiger partial charge in [-0.05, 0) is 12.5 Å². The van der Waals surface area contributed by atoms with Crippen LogP contribution in [-0.2, 0) is 4.74 Å². The van der Waals surface area contributed by atoms with Crippen molar-refractivity contribution in [2.75, 3.05) is 6.61 Å². The number of rotatable bonds is 9. The molecule has 3 rings (SSSR count). The highest BCUT2D eigenvalue weighted by Crippen LogP contribution is 2.24. The summed E-state index contributed by atoms with van der Waals surface area (Å²) in [4.78, 5) is 4.09. The smallest absolute Gasteiger partial charge is 0.423 e. The molecule has 2 N–H and O–H groups in total. The van der Waals surface area contributed by atoms with Gasteiger partial charge in [0.05, 0.1) is 30.7 Å². The number of ether oxygens (including phenoxy) is 1. The van der Waals surface area contributed by atoms with Gasteiger partial charge in [0, 0.05) is 11.7 Å². The van der Waals surface area contributed by atoms with Gasteiger partial charge in [0.1, 0.15) is 11.4 Å². The summed E-state index contributed by atoms with van der Waals surface area (Å²) in [5.41, 5.74) is 0.421. The Hall–Kier alpha value is -2.91. The Morgan fingerprint density at radius 3 is 2.52 bits per heavy atom. The zero-order valence-electron chi connectivity index (χ0n) is 14.6. The number of alkyl halides is 4. The van der Waals surface area contributed by atoms with Crippen molar-refractivity contribution >= 4 is 12.6 Å². The van der Waals surface area contributed by atoms with Gasteiger partial charge in [-0.1, -0.05) is 16.5 Å². The van der Waals surface area contributed by atoms with Crippen LogP contribution in [0.2, 0.25) is 0 Å². The first-order chi connectivity index (χ1) is 13.9. The molecule has 0 aliphatic rings. The van der Waals surface area contributed by atoms with Crippen LogP contribution in [-0.4, -0.2) is 65.4 Å². The Bertz CT molecular complexity index is 922. The van der Waals surface area contributed by atoms with Crippen molar-refractivity contribution in [1.82, 2.24) is 35.0 Å². The molecule has 0 spiro atoms. The quantitative estimate of drug-likeness (QED) is 0.376. The Balaban J connectivity index is 1.89. The van der Waals surface area contributed by atoms with Gasteiger partial charge in [-0.25, -0.2) is 4.68 Å². The van der Waals surface area contributed by atoms with Gasteiger partial charge in [0.25, 0.3) is 0 Å². The second-order valence-corrected chi connectivity index (χ2v) is 5.75. The fraction of sp³-hybridized carbons (Fsp3) is 0.357. The standard InChI is InChI=1S/C14H14BF4N7O3/c16-13(17)26-12(6-21-23-26)10-7-25(24-22-10)11(3-4-29-14(18)19)9-2-1-8(5-20-9)15(27)28/h1-2,5-7,11,13-14,27-28H,3-4H2. The Morgan fingerprint density at radius 1 is 1.10 bits per heavy atom. The number of halogens is 4. The molecule has 1 atom stereocenters. The van der Waals surface area contributed by atoms with Gasteiger partial charge in [-0.3, -0.25) is 4.98 Å². The summed E-state index contributed by atoms with van der Waals surface area (Å²) in [6.45, 7) is -6.25. The van der Waals surface area contributed by atoms with Crippen LogP contribution in [0.15, 0.2) is 30.7 Å². The third-order valence-corrected chi connectivity index (χ3v) is 3.94. The molecule has 3 aromatic heterocycles. The van der Waals surface area contributed by atoms with E-state index < -0.39 is 26.3 Å². The summed E-state index contributed by atoms with van der Waals surface area (Å²) in [6, 6.07) is 2.10. The molecule has 0 aliphatic heterocycles. The van der Waals surface area contributed by atoms with E-state index in [4.69, 9.17) is 10.0 Å². The minimum absolute atomic E-state index is 0.00746. The number of hydrogen-bond acceptors (Lipinski definition) is 8. The molecule has 0 radical (unpaired) electrons. The first-order valence-corrected chi connectivity index (χ1v) is 8.19. The highest BCUT2D eigenvalue weighted by Gasteiger charge is 2.22. The molecule has 10 nitrogen and oxygen atoms in total. The van der Waals surface area contributed by atoms with Crippen molar-refractivity contribution in [3.8, 4) is 11.4 Å². The van der Waals surface area contributed by atoms with E-state index in [1.165, 1.54) is 29.2 Å². The molecule has 15 heteroatoms. The predicted octanol–water partition coefficient (Wildman–Crippen LogP) is 0.225. The summed E-state index contributed by atoms with van der Waals surface area (Å²) >= 11 is 0. The van der Waals surface area contributed by atoms with Crippen LogP contribution in [0, 0.1) is 0 Å². The van der Waals surface area contributed by atoms with Crippen LogP contribution in [0.3, 0.4) is 0 Å². The van der Waals surface area contributed by atoms with Crippen LogP contribution in [0.5, 0.6) is 0 Å². The van der Waals surface area contributed by atoms with E-state index in [9.17, 15) is 17.6 Å². The molecule has 3 aromatic rings. The maximum Gasteiger partial charge on any atom is 0.490 e. The molecule has 0 aromatic carbocycles. The number of aromatic nitrogens is 7. The van der Waals surface area contributed by atoms with Crippen LogP contribution in [0.4, 0.5) is 17.6 Å². The molecule has 0 amide bonds. The van der Waals surface area contributed by atoms with Gasteiger partial charge in [0.2, 0.25) is 0 Å². The van der Waals surface area contributed by atoms with Crippen LogP contribution < -0.4 is 5.46 Å². The molecule has 0 fully saturated rings. The molecule has 0 saturated carbocycles. The summed E-state index contributed by atoms with van der Waals surface area (Å²) in [5, 5.41) is 32.7. The number of hydrogen-bond donors (Lipinski definition) is 2. The number of nitrogens with zero attached hydrogens (tertiary/aromatic N) is 7. The van der Waals surface area contributed by atoms with Gasteiger partial charge in [0.15, 0.2) is 0 Å². The van der Waals surface area contributed by atoms with Crippen molar-refractivity contribution in [2.24, 2.45) is 0 Å². The van der Waals surface area contributed by atoms with Crippen molar-refractivity contribution < 1.29 is 32.3 Å². The second kappa shape index (κ2) is 9.06. The van der Waals surface area contributed by atoms with Crippen LogP contribution in [0.1, 0.15) is 24.7 Å². The first kappa shape index (κ1) is 20.8. The molecule has 3 heterocycles. The minimum atomic E-state index is -2.96. The van der Waals surface area contributed by atoms with E-state index in [0.29, 0.717) is 10.4 Å². The molecule has 0 aliphatic carbocycles. The van der Waals surface area contributed by atoms with Crippen LogP contribution in [0.25, 0.3) is 11.4 Å². The molecule has 154 valence electrons. The molecule has 0 saturated heterocycles. The van der Waals surface area contributed by atoms with Crippen molar-refractivity contribution in [3.63, 3.8) is 0 Å². The topological polar surface area (TPSA) is 124 Å². The van der Waals surface area contributed by atoms with Crippen molar-refractivity contribution in [3.05, 3.63) is 36.4 Å². The monoisotopic (exact) mass is 415 g/mol. The lowest BCUT2D eigenvalue weighted by Crippen LogP contribution is -2.30. The van der Waals surface area contributed by atoms with E-state index in [-0.39, 0.29) is 29.9 Å². The first-order valence-electron chi connectivity index (χ1n) is 8.19. The lowest BCUT2D eigenvalue weighted by Gasteiger charge is -2.17. The third-order valence-electron chi connectivity index (χ3n) is 3.94. The highest BCUT2D eigenvalue weighted by atomic mass is 19.3. The van der Waals surface area contributed by atoms with E-state index >= 15 is 0 Å². The summed E-state index contributed by atoms with van der Waals surface area (Å²) < 4.78 is 56.5. The maximum atomic E-state index is 13.0. The molecular weight excluding hydrogens is 401 g/mol. The maximum absolute atomic E-state index is 13.0. The Kier molecular flexibility index (Phi) is 6.51. The fourth-order valence-electron chi connectivity index (χ4n) is 2.57. The summed E-state index contributed by atoms with van der Waals surface area (Å²) in [7, 11) is -1.72. The van der Waals surface area contributed by atoms with Crippen molar-refractivity contribution in [1.29, 1.82) is 0 Å². The number of pyridine rings is 1. The third kappa shape index (κ3) is 4.93. The zero-order valence-corrected chi connectivity index (χ0v) is 14.6. The summed E-state index contributed by atoms with van der Waals surface area (Å²) in [6.07, 6.45) is 3.62. The lowest BCUT2D eigenvalue weighted by molar-refractivity contribution is -0.130. The largest absolute Gasteiger partial charge is 0.490 e. The van der Waals surface area contributed by atoms with E-state index in [1.807, 2.05) is 0 Å². The average molecular weight is 415 g/mol. The molecule has 0 bridgehead atoms. The molecule has 1 unspecified atom stereocenters. The minimum Gasteiger partial charge on any atom is -0.423 e. The lowest BCUT2D eigenvalue weighted by atomic mass is 9.81. The normalized spacial score (nSPS) is 12.7. The Morgan fingerprint density at radius 2 is 1.90 bits per heavy atom. The van der Waals surface area contributed by atoms with Crippen LogP contribution >= 0.6 is 0 Å². The summed E-state index contributed by atoms with van der Waals surface area (Å²) in [5.74, 6) is 0. The Labute approximate surface area is 160 Å². The van der Waals surface area contributed by atoms with E-state index in [0.717, 1.165) is 6.20 Å². The molecular formula is C14H14BF4N7O3.